The van der Waals surface area contributed by atoms with Crippen molar-refractivity contribution in [3.63, 3.8) is 0 Å². The van der Waals surface area contributed by atoms with Crippen LogP contribution in [-0.2, 0) is 0 Å². The van der Waals surface area contributed by atoms with Crippen LogP contribution >= 0.6 is 12.4 Å². The van der Waals surface area contributed by atoms with E-state index in [1.54, 1.807) is 12.1 Å². The normalized spacial score (nSPS) is 11.9. The average molecular weight is 217 g/mol. The predicted molar refractivity (Wildman–Crippen MR) is 60.6 cm³/mol. The highest BCUT2D eigenvalue weighted by Crippen LogP contribution is 2.18. The van der Waals surface area contributed by atoms with Gasteiger partial charge in [0.1, 0.15) is 5.75 Å². The number of phenols is 1. The fourth-order valence-corrected chi connectivity index (χ4v) is 1.23. The molecule has 0 aliphatic rings. The van der Waals surface area contributed by atoms with Gasteiger partial charge in [-0.15, -0.1) is 12.4 Å². The molecule has 80 valence electrons. The minimum Gasteiger partial charge on any atom is -0.508 e. The maximum Gasteiger partial charge on any atom is 0.115 e. The SMILES string of the molecule is Cl.NCCC[C@@H](N)c1ccc(O)cc1. The van der Waals surface area contributed by atoms with Crippen LogP contribution in [0.1, 0.15) is 24.4 Å². The monoisotopic (exact) mass is 216 g/mol. The molecule has 0 saturated heterocycles. The Morgan fingerprint density at radius 2 is 1.79 bits per heavy atom. The highest BCUT2D eigenvalue weighted by Gasteiger charge is 2.04. The molecule has 0 fully saturated rings. The molecular weight excluding hydrogens is 200 g/mol. The van der Waals surface area contributed by atoms with Crippen molar-refractivity contribution < 1.29 is 5.11 Å². The maximum atomic E-state index is 9.05. The van der Waals surface area contributed by atoms with Crippen molar-refractivity contribution in [3.8, 4) is 5.75 Å². The smallest absolute Gasteiger partial charge is 0.115 e. The number of benzene rings is 1. The third-order valence-corrected chi connectivity index (χ3v) is 2.04. The third kappa shape index (κ3) is 3.96. The Labute approximate surface area is 90.5 Å². The molecule has 0 saturated carbocycles. The van der Waals surface area contributed by atoms with E-state index < -0.39 is 0 Å². The van der Waals surface area contributed by atoms with Crippen LogP contribution < -0.4 is 11.5 Å². The molecule has 0 aliphatic carbocycles. The quantitative estimate of drug-likeness (QED) is 0.715. The molecule has 5 N–H and O–H groups in total. The van der Waals surface area contributed by atoms with Crippen LogP contribution in [0, 0.1) is 0 Å². The molecule has 1 aromatic carbocycles. The van der Waals surface area contributed by atoms with E-state index in [2.05, 4.69) is 0 Å². The van der Waals surface area contributed by atoms with Crippen LogP contribution in [0.4, 0.5) is 0 Å². The number of halogens is 1. The summed E-state index contributed by atoms with van der Waals surface area (Å²) >= 11 is 0. The summed E-state index contributed by atoms with van der Waals surface area (Å²) in [5, 5.41) is 9.05. The molecule has 14 heavy (non-hydrogen) atoms. The zero-order valence-electron chi connectivity index (χ0n) is 8.02. The Morgan fingerprint density at radius 1 is 1.21 bits per heavy atom. The number of phenolic OH excluding ortho intramolecular Hbond substituents is 1. The van der Waals surface area contributed by atoms with E-state index in [-0.39, 0.29) is 24.2 Å². The van der Waals surface area contributed by atoms with Crippen molar-refractivity contribution in [3.05, 3.63) is 29.8 Å². The first kappa shape index (κ1) is 13.2. The van der Waals surface area contributed by atoms with E-state index in [4.69, 9.17) is 16.6 Å². The standard InChI is InChI=1S/C10H16N2O.ClH/c11-7-1-2-10(12)8-3-5-9(13)6-4-8;/h3-6,10,13H,1-2,7,11-12H2;1H/t10-;/m1./s1. The lowest BCUT2D eigenvalue weighted by Gasteiger charge is -2.10. The number of hydrogen-bond acceptors (Lipinski definition) is 3. The van der Waals surface area contributed by atoms with E-state index in [1.807, 2.05) is 12.1 Å². The summed E-state index contributed by atoms with van der Waals surface area (Å²) in [7, 11) is 0. The van der Waals surface area contributed by atoms with Gasteiger partial charge < -0.3 is 16.6 Å². The van der Waals surface area contributed by atoms with Crippen LogP contribution in [0.25, 0.3) is 0 Å². The van der Waals surface area contributed by atoms with Crippen molar-refractivity contribution in [2.45, 2.75) is 18.9 Å². The second kappa shape index (κ2) is 6.65. The minimum absolute atomic E-state index is 0. The summed E-state index contributed by atoms with van der Waals surface area (Å²) < 4.78 is 0. The number of rotatable bonds is 4. The van der Waals surface area contributed by atoms with Gasteiger partial charge in [0.15, 0.2) is 0 Å². The van der Waals surface area contributed by atoms with E-state index in [1.165, 1.54) is 0 Å². The Morgan fingerprint density at radius 3 is 2.29 bits per heavy atom. The lowest BCUT2D eigenvalue weighted by atomic mass is 10.0. The molecule has 1 atom stereocenters. The molecular formula is C10H17ClN2O. The van der Waals surface area contributed by atoms with Crippen molar-refractivity contribution in [1.29, 1.82) is 0 Å². The predicted octanol–water partition coefficient (Wildman–Crippen LogP) is 1.55. The molecule has 0 aliphatic heterocycles. The van der Waals surface area contributed by atoms with Gasteiger partial charge in [-0.25, -0.2) is 0 Å². The molecule has 4 heteroatoms. The maximum absolute atomic E-state index is 9.05. The van der Waals surface area contributed by atoms with Gasteiger partial charge in [-0.05, 0) is 37.1 Å². The zero-order valence-corrected chi connectivity index (χ0v) is 8.83. The molecule has 1 rings (SSSR count). The van der Waals surface area contributed by atoms with Crippen LogP contribution in [0.5, 0.6) is 5.75 Å². The number of nitrogens with two attached hydrogens (primary N) is 2. The van der Waals surface area contributed by atoms with Crippen LogP contribution in [0.3, 0.4) is 0 Å². The third-order valence-electron chi connectivity index (χ3n) is 2.04. The van der Waals surface area contributed by atoms with Gasteiger partial charge in [-0.2, -0.15) is 0 Å². The zero-order chi connectivity index (χ0) is 9.68. The summed E-state index contributed by atoms with van der Waals surface area (Å²) in [5.41, 5.74) is 12.3. The summed E-state index contributed by atoms with van der Waals surface area (Å²) in [6.07, 6.45) is 1.82. The Bertz CT molecular complexity index is 251. The highest BCUT2D eigenvalue weighted by molar-refractivity contribution is 5.85. The van der Waals surface area contributed by atoms with E-state index in [0.29, 0.717) is 6.54 Å². The van der Waals surface area contributed by atoms with Crippen LogP contribution in [0.2, 0.25) is 0 Å². The molecule has 0 unspecified atom stereocenters. The van der Waals surface area contributed by atoms with Gasteiger partial charge >= 0.3 is 0 Å². The molecule has 0 heterocycles. The Hall–Kier alpha value is -0.770. The van der Waals surface area contributed by atoms with Gasteiger partial charge in [0.25, 0.3) is 0 Å². The van der Waals surface area contributed by atoms with E-state index in [0.717, 1.165) is 18.4 Å². The Kier molecular flexibility index (Phi) is 6.28. The average Bonchev–Trinajstić information content (AvgIpc) is 2.15. The van der Waals surface area contributed by atoms with Gasteiger partial charge in [-0.3, -0.25) is 0 Å². The fraction of sp³-hybridized carbons (Fsp3) is 0.400. The molecule has 3 nitrogen and oxygen atoms in total. The second-order valence-corrected chi connectivity index (χ2v) is 3.13. The summed E-state index contributed by atoms with van der Waals surface area (Å²) in [4.78, 5) is 0. The molecule has 0 spiro atoms. The first-order valence-corrected chi connectivity index (χ1v) is 4.48. The lowest BCUT2D eigenvalue weighted by Crippen LogP contribution is -2.12. The molecule has 0 aromatic heterocycles. The van der Waals surface area contributed by atoms with Gasteiger partial charge in [0.05, 0.1) is 0 Å². The lowest BCUT2D eigenvalue weighted by molar-refractivity contribution is 0.474. The topological polar surface area (TPSA) is 72.3 Å². The molecule has 0 amide bonds. The van der Waals surface area contributed by atoms with Crippen LogP contribution in [-0.4, -0.2) is 11.7 Å². The van der Waals surface area contributed by atoms with Gasteiger partial charge in [-0.1, -0.05) is 12.1 Å². The first-order chi connectivity index (χ1) is 6.24. The molecule has 0 radical (unpaired) electrons. The second-order valence-electron chi connectivity index (χ2n) is 3.13. The Balaban J connectivity index is 0.00000169. The fourth-order valence-electron chi connectivity index (χ4n) is 1.23. The minimum atomic E-state index is 0. The van der Waals surface area contributed by atoms with Gasteiger partial charge in [0.2, 0.25) is 0 Å². The van der Waals surface area contributed by atoms with Crippen molar-refractivity contribution in [2.75, 3.05) is 6.54 Å². The van der Waals surface area contributed by atoms with Crippen molar-refractivity contribution >= 4 is 12.4 Å². The highest BCUT2D eigenvalue weighted by atomic mass is 35.5. The number of aromatic hydroxyl groups is 1. The summed E-state index contributed by atoms with van der Waals surface area (Å²) in [6, 6.07) is 7.02. The summed E-state index contributed by atoms with van der Waals surface area (Å²) in [5.74, 6) is 0.273. The van der Waals surface area contributed by atoms with E-state index >= 15 is 0 Å². The first-order valence-electron chi connectivity index (χ1n) is 4.48. The largest absolute Gasteiger partial charge is 0.508 e. The van der Waals surface area contributed by atoms with E-state index in [9.17, 15) is 0 Å². The molecule has 0 bridgehead atoms. The van der Waals surface area contributed by atoms with Crippen molar-refractivity contribution in [1.82, 2.24) is 0 Å². The van der Waals surface area contributed by atoms with Crippen LogP contribution in [0.15, 0.2) is 24.3 Å². The van der Waals surface area contributed by atoms with Gasteiger partial charge in [0, 0.05) is 6.04 Å². The van der Waals surface area contributed by atoms with Crippen molar-refractivity contribution in [2.24, 2.45) is 11.5 Å². The molecule has 1 aromatic rings. The summed E-state index contributed by atoms with van der Waals surface area (Å²) in [6.45, 7) is 0.672. The number of hydrogen-bond donors (Lipinski definition) is 3.